The Bertz CT molecular complexity index is 911. The van der Waals surface area contributed by atoms with Crippen molar-refractivity contribution in [1.29, 1.82) is 0 Å². The van der Waals surface area contributed by atoms with Crippen LogP contribution in [-0.2, 0) is 11.3 Å². The van der Waals surface area contributed by atoms with E-state index in [2.05, 4.69) is 10.1 Å². The molecule has 1 fully saturated rings. The zero-order chi connectivity index (χ0) is 18.6. The van der Waals surface area contributed by atoms with E-state index in [9.17, 15) is 4.79 Å². The first kappa shape index (κ1) is 17.7. The van der Waals surface area contributed by atoms with Gasteiger partial charge in [-0.3, -0.25) is 4.79 Å². The van der Waals surface area contributed by atoms with Crippen molar-refractivity contribution in [3.05, 3.63) is 48.1 Å². The maximum Gasteiger partial charge on any atom is 0.275 e. The zero-order valence-electron chi connectivity index (χ0n) is 15.5. The van der Waals surface area contributed by atoms with Gasteiger partial charge in [-0.15, -0.1) is 0 Å². The number of benzene rings is 1. The molecule has 1 aliphatic rings. The molecule has 0 radical (unpaired) electrons. The molecule has 2 aromatic heterocycles. The molecule has 27 heavy (non-hydrogen) atoms. The SMILES string of the molecule is CN(CCC1CCCCO1)C(=O)c1cc(Cn2cnc3ccccc32)on1. The summed E-state index contributed by atoms with van der Waals surface area (Å²) < 4.78 is 13.1. The van der Waals surface area contributed by atoms with Crippen molar-refractivity contribution < 1.29 is 14.1 Å². The van der Waals surface area contributed by atoms with E-state index in [1.165, 1.54) is 6.42 Å². The highest BCUT2D eigenvalue weighted by atomic mass is 16.5. The van der Waals surface area contributed by atoms with Crippen LogP contribution in [0.2, 0.25) is 0 Å². The van der Waals surface area contributed by atoms with Crippen LogP contribution in [-0.4, -0.2) is 51.8 Å². The summed E-state index contributed by atoms with van der Waals surface area (Å²) in [5.41, 5.74) is 2.28. The molecule has 0 N–H and O–H groups in total. The number of para-hydroxylation sites is 2. The number of fused-ring (bicyclic) bond motifs is 1. The fourth-order valence-electron chi connectivity index (χ4n) is 3.46. The van der Waals surface area contributed by atoms with Crippen molar-refractivity contribution in [2.75, 3.05) is 20.2 Å². The third-order valence-corrected chi connectivity index (χ3v) is 5.04. The van der Waals surface area contributed by atoms with Crippen molar-refractivity contribution in [2.24, 2.45) is 0 Å². The van der Waals surface area contributed by atoms with Gasteiger partial charge in [-0.05, 0) is 37.8 Å². The molecule has 7 nitrogen and oxygen atoms in total. The standard InChI is InChI=1S/C20H24N4O3/c1-23(10-9-15-6-4-5-11-26-15)20(25)18-12-16(27-22-18)13-24-14-21-17-7-2-3-8-19(17)24/h2-3,7-8,12,14-15H,4-6,9-11,13H2,1H3. The summed E-state index contributed by atoms with van der Waals surface area (Å²) >= 11 is 0. The molecule has 1 atom stereocenters. The van der Waals surface area contributed by atoms with E-state index in [0.29, 0.717) is 24.5 Å². The molecule has 1 amide bonds. The molecule has 0 aliphatic carbocycles. The van der Waals surface area contributed by atoms with Crippen molar-refractivity contribution in [3.63, 3.8) is 0 Å². The largest absolute Gasteiger partial charge is 0.378 e. The zero-order valence-corrected chi connectivity index (χ0v) is 15.5. The highest BCUT2D eigenvalue weighted by Gasteiger charge is 2.20. The first-order chi connectivity index (χ1) is 13.2. The van der Waals surface area contributed by atoms with Crippen LogP contribution in [0.4, 0.5) is 0 Å². The Morgan fingerprint density at radius 1 is 1.33 bits per heavy atom. The van der Waals surface area contributed by atoms with Crippen LogP contribution in [0.25, 0.3) is 11.0 Å². The predicted octanol–water partition coefficient (Wildman–Crippen LogP) is 3.10. The number of ether oxygens (including phenoxy) is 1. The van der Waals surface area contributed by atoms with E-state index in [1.807, 2.05) is 28.8 Å². The molecule has 0 spiro atoms. The van der Waals surface area contributed by atoms with Crippen LogP contribution < -0.4 is 0 Å². The average molecular weight is 368 g/mol. The Kier molecular flexibility index (Phi) is 5.20. The Morgan fingerprint density at radius 2 is 2.22 bits per heavy atom. The summed E-state index contributed by atoms with van der Waals surface area (Å²) in [4.78, 5) is 18.6. The molecule has 0 saturated carbocycles. The lowest BCUT2D eigenvalue weighted by molar-refractivity contribution is 0.00703. The molecular formula is C20H24N4O3. The Labute approximate surface area is 157 Å². The molecule has 1 aliphatic heterocycles. The fourth-order valence-corrected chi connectivity index (χ4v) is 3.46. The third kappa shape index (κ3) is 4.03. The lowest BCUT2D eigenvalue weighted by Gasteiger charge is -2.24. The van der Waals surface area contributed by atoms with Gasteiger partial charge in [0.1, 0.15) is 0 Å². The van der Waals surface area contributed by atoms with Gasteiger partial charge >= 0.3 is 0 Å². The maximum atomic E-state index is 12.6. The Balaban J connectivity index is 1.37. The molecule has 142 valence electrons. The minimum atomic E-state index is -0.128. The predicted molar refractivity (Wildman–Crippen MR) is 101 cm³/mol. The van der Waals surface area contributed by atoms with Crippen LogP contribution >= 0.6 is 0 Å². The molecule has 1 aromatic carbocycles. The summed E-state index contributed by atoms with van der Waals surface area (Å²) in [6.45, 7) is 1.97. The van der Waals surface area contributed by atoms with Crippen LogP contribution in [0.5, 0.6) is 0 Å². The second kappa shape index (κ2) is 7.92. The highest BCUT2D eigenvalue weighted by Crippen LogP contribution is 2.17. The van der Waals surface area contributed by atoms with Gasteiger partial charge in [0, 0.05) is 26.3 Å². The monoisotopic (exact) mass is 368 g/mol. The van der Waals surface area contributed by atoms with Crippen LogP contribution in [0.1, 0.15) is 41.9 Å². The van der Waals surface area contributed by atoms with Crippen molar-refractivity contribution >= 4 is 16.9 Å². The number of hydrogen-bond acceptors (Lipinski definition) is 5. The Morgan fingerprint density at radius 3 is 3.07 bits per heavy atom. The average Bonchev–Trinajstić information content (AvgIpc) is 3.34. The lowest BCUT2D eigenvalue weighted by Crippen LogP contribution is -2.31. The van der Waals surface area contributed by atoms with Gasteiger partial charge in [-0.25, -0.2) is 4.98 Å². The number of hydrogen-bond donors (Lipinski definition) is 0. The smallest absolute Gasteiger partial charge is 0.275 e. The molecule has 4 rings (SSSR count). The molecule has 1 unspecified atom stereocenters. The minimum Gasteiger partial charge on any atom is -0.378 e. The van der Waals surface area contributed by atoms with Crippen LogP contribution in [0.15, 0.2) is 41.2 Å². The van der Waals surface area contributed by atoms with Gasteiger partial charge in [0.05, 0.1) is 30.0 Å². The van der Waals surface area contributed by atoms with Gasteiger partial charge in [-0.1, -0.05) is 17.3 Å². The molecular weight excluding hydrogens is 344 g/mol. The maximum absolute atomic E-state index is 12.6. The second-order valence-electron chi connectivity index (χ2n) is 7.04. The number of aromatic nitrogens is 3. The molecule has 1 saturated heterocycles. The van der Waals surface area contributed by atoms with E-state index >= 15 is 0 Å². The van der Waals surface area contributed by atoms with E-state index < -0.39 is 0 Å². The van der Waals surface area contributed by atoms with Gasteiger partial charge in [-0.2, -0.15) is 0 Å². The lowest BCUT2D eigenvalue weighted by atomic mass is 10.1. The minimum absolute atomic E-state index is 0.128. The number of amides is 1. The van der Waals surface area contributed by atoms with Crippen LogP contribution in [0, 0.1) is 0 Å². The first-order valence-electron chi connectivity index (χ1n) is 9.43. The van der Waals surface area contributed by atoms with Crippen LogP contribution in [0.3, 0.4) is 0 Å². The van der Waals surface area contributed by atoms with Gasteiger partial charge in [0.2, 0.25) is 0 Å². The molecule has 7 heteroatoms. The van der Waals surface area contributed by atoms with Gasteiger partial charge in [0.15, 0.2) is 11.5 Å². The fraction of sp³-hybridized carbons (Fsp3) is 0.450. The second-order valence-corrected chi connectivity index (χ2v) is 7.04. The van der Waals surface area contributed by atoms with Crippen molar-refractivity contribution in [2.45, 2.75) is 38.3 Å². The van der Waals surface area contributed by atoms with E-state index in [4.69, 9.17) is 9.26 Å². The summed E-state index contributed by atoms with van der Waals surface area (Å²) in [5, 5.41) is 3.96. The number of carbonyl (C=O) groups is 1. The topological polar surface area (TPSA) is 73.4 Å². The normalized spacial score (nSPS) is 17.3. The third-order valence-electron chi connectivity index (χ3n) is 5.04. The van der Waals surface area contributed by atoms with Gasteiger partial charge in [0.25, 0.3) is 5.91 Å². The van der Waals surface area contributed by atoms with Crippen molar-refractivity contribution in [3.8, 4) is 0 Å². The summed E-state index contributed by atoms with van der Waals surface area (Å²) in [6, 6.07) is 9.61. The van der Waals surface area contributed by atoms with Crippen molar-refractivity contribution in [1.82, 2.24) is 19.6 Å². The first-order valence-corrected chi connectivity index (χ1v) is 9.43. The molecule has 3 heterocycles. The number of carbonyl (C=O) groups excluding carboxylic acids is 1. The van der Waals surface area contributed by atoms with E-state index in [-0.39, 0.29) is 12.0 Å². The number of nitrogens with zero attached hydrogens (tertiary/aromatic N) is 4. The molecule has 0 bridgehead atoms. The van der Waals surface area contributed by atoms with Gasteiger partial charge < -0.3 is 18.7 Å². The molecule has 3 aromatic rings. The number of imidazole rings is 1. The Hall–Kier alpha value is -2.67. The highest BCUT2D eigenvalue weighted by molar-refractivity contribution is 5.92. The summed E-state index contributed by atoms with van der Waals surface area (Å²) in [7, 11) is 1.79. The number of rotatable bonds is 6. The summed E-state index contributed by atoms with van der Waals surface area (Å²) in [6.07, 6.45) is 6.31. The van der Waals surface area contributed by atoms with E-state index in [0.717, 1.165) is 36.9 Å². The van der Waals surface area contributed by atoms with E-state index in [1.54, 1.807) is 24.3 Å². The quantitative estimate of drug-likeness (QED) is 0.668. The summed E-state index contributed by atoms with van der Waals surface area (Å²) in [5.74, 6) is 0.502.